The standard InChI is InChI=1S/C6H7NO4S2/c1-13(10,11)4-2-3(7)5(12-4)6(8)9/h2H,7H2,1H3,(H,8,9). The minimum absolute atomic E-state index is 0.0158. The number of nitrogen functional groups attached to an aromatic ring is 1. The Morgan fingerprint density at radius 3 is 2.38 bits per heavy atom. The van der Waals surface area contributed by atoms with Gasteiger partial charge in [-0.1, -0.05) is 0 Å². The molecule has 7 heteroatoms. The first-order valence-corrected chi connectivity index (χ1v) is 5.86. The first-order chi connectivity index (χ1) is 5.82. The number of sulfone groups is 1. The van der Waals surface area contributed by atoms with Crippen LogP contribution < -0.4 is 5.73 Å². The normalized spacial score (nSPS) is 11.5. The maximum absolute atomic E-state index is 11.0. The fourth-order valence-corrected chi connectivity index (χ4v) is 2.58. The second-order valence-electron chi connectivity index (χ2n) is 2.43. The molecule has 13 heavy (non-hydrogen) atoms. The molecular formula is C6H7NO4S2. The zero-order valence-electron chi connectivity index (χ0n) is 6.64. The fraction of sp³-hybridized carbons (Fsp3) is 0.167. The van der Waals surface area contributed by atoms with Gasteiger partial charge in [0.15, 0.2) is 9.84 Å². The van der Waals surface area contributed by atoms with Gasteiger partial charge in [0.2, 0.25) is 0 Å². The van der Waals surface area contributed by atoms with E-state index in [2.05, 4.69) is 0 Å². The highest BCUT2D eigenvalue weighted by atomic mass is 32.2. The van der Waals surface area contributed by atoms with E-state index in [1.807, 2.05) is 0 Å². The monoisotopic (exact) mass is 221 g/mol. The van der Waals surface area contributed by atoms with Gasteiger partial charge in [0.25, 0.3) is 0 Å². The molecule has 0 unspecified atom stereocenters. The third-order valence-corrected chi connectivity index (χ3v) is 4.24. The number of thiophene rings is 1. The smallest absolute Gasteiger partial charge is 0.348 e. The van der Waals surface area contributed by atoms with Crippen LogP contribution in [0.3, 0.4) is 0 Å². The molecule has 72 valence electrons. The van der Waals surface area contributed by atoms with Crippen molar-refractivity contribution in [3.63, 3.8) is 0 Å². The van der Waals surface area contributed by atoms with Crippen molar-refractivity contribution in [3.05, 3.63) is 10.9 Å². The van der Waals surface area contributed by atoms with Crippen molar-refractivity contribution in [3.8, 4) is 0 Å². The van der Waals surface area contributed by atoms with Gasteiger partial charge in [-0.05, 0) is 6.07 Å². The van der Waals surface area contributed by atoms with E-state index < -0.39 is 15.8 Å². The summed E-state index contributed by atoms with van der Waals surface area (Å²) in [5.74, 6) is -1.21. The molecule has 0 aliphatic rings. The van der Waals surface area contributed by atoms with Crippen molar-refractivity contribution in [2.45, 2.75) is 4.21 Å². The zero-order valence-corrected chi connectivity index (χ0v) is 8.28. The lowest BCUT2D eigenvalue weighted by atomic mass is 10.4. The molecule has 0 saturated heterocycles. The van der Waals surface area contributed by atoms with Crippen LogP contribution in [0.5, 0.6) is 0 Å². The third kappa shape index (κ3) is 1.99. The van der Waals surface area contributed by atoms with Crippen LogP contribution in [-0.2, 0) is 9.84 Å². The fourth-order valence-electron chi connectivity index (χ4n) is 0.731. The van der Waals surface area contributed by atoms with Crippen LogP contribution in [0.4, 0.5) is 5.69 Å². The van der Waals surface area contributed by atoms with Crippen LogP contribution in [0.25, 0.3) is 0 Å². The molecular weight excluding hydrogens is 214 g/mol. The largest absolute Gasteiger partial charge is 0.477 e. The highest BCUT2D eigenvalue weighted by molar-refractivity contribution is 7.92. The molecule has 0 radical (unpaired) electrons. The summed E-state index contributed by atoms with van der Waals surface area (Å²) >= 11 is 0.662. The van der Waals surface area contributed by atoms with E-state index in [9.17, 15) is 13.2 Å². The van der Waals surface area contributed by atoms with Gasteiger partial charge >= 0.3 is 5.97 Å². The van der Waals surface area contributed by atoms with Gasteiger partial charge in [0.05, 0.1) is 5.69 Å². The number of carboxylic acids is 1. The zero-order chi connectivity index (χ0) is 10.2. The highest BCUT2D eigenvalue weighted by Crippen LogP contribution is 2.27. The Hall–Kier alpha value is -1.08. The number of anilines is 1. The van der Waals surface area contributed by atoms with Crippen molar-refractivity contribution < 1.29 is 18.3 Å². The predicted molar refractivity (Wildman–Crippen MR) is 48.8 cm³/mol. The minimum atomic E-state index is -3.36. The Labute approximate surface area is 78.7 Å². The number of carbonyl (C=O) groups is 1. The second kappa shape index (κ2) is 3.00. The molecule has 0 amide bonds. The van der Waals surface area contributed by atoms with Gasteiger partial charge < -0.3 is 10.8 Å². The Balaban J connectivity index is 3.33. The summed E-state index contributed by atoms with van der Waals surface area (Å²) in [5, 5.41) is 8.58. The van der Waals surface area contributed by atoms with Crippen molar-refractivity contribution in [2.75, 3.05) is 12.0 Å². The molecule has 3 N–H and O–H groups in total. The first-order valence-electron chi connectivity index (χ1n) is 3.15. The van der Waals surface area contributed by atoms with Crippen LogP contribution in [0.15, 0.2) is 10.3 Å². The number of aromatic carboxylic acids is 1. The van der Waals surface area contributed by atoms with Gasteiger partial charge in [-0.3, -0.25) is 0 Å². The summed E-state index contributed by atoms with van der Waals surface area (Å²) < 4.78 is 21.9. The molecule has 1 aromatic rings. The van der Waals surface area contributed by atoms with Gasteiger partial charge in [0.1, 0.15) is 9.09 Å². The first kappa shape index (κ1) is 10.0. The number of nitrogens with two attached hydrogens (primary N) is 1. The van der Waals surface area contributed by atoms with Crippen LogP contribution in [-0.4, -0.2) is 25.7 Å². The topological polar surface area (TPSA) is 97.5 Å². The van der Waals surface area contributed by atoms with Crippen molar-refractivity contribution in [2.24, 2.45) is 0 Å². The molecule has 0 fully saturated rings. The highest BCUT2D eigenvalue weighted by Gasteiger charge is 2.18. The molecule has 0 saturated carbocycles. The Morgan fingerprint density at radius 2 is 2.15 bits per heavy atom. The molecule has 1 heterocycles. The van der Waals surface area contributed by atoms with Crippen molar-refractivity contribution in [1.82, 2.24) is 0 Å². The van der Waals surface area contributed by atoms with E-state index in [1.165, 1.54) is 0 Å². The van der Waals surface area contributed by atoms with Crippen molar-refractivity contribution >= 4 is 32.8 Å². The Kier molecular flexibility index (Phi) is 2.31. The summed E-state index contributed by atoms with van der Waals surface area (Å²) in [6, 6.07) is 1.16. The third-order valence-electron chi connectivity index (χ3n) is 1.30. The number of hydrogen-bond donors (Lipinski definition) is 2. The van der Waals surface area contributed by atoms with E-state index >= 15 is 0 Å². The van der Waals surface area contributed by atoms with Crippen LogP contribution in [0.1, 0.15) is 9.67 Å². The lowest BCUT2D eigenvalue weighted by Gasteiger charge is -1.87. The molecule has 0 atom stereocenters. The van der Waals surface area contributed by atoms with E-state index in [4.69, 9.17) is 10.8 Å². The SMILES string of the molecule is CS(=O)(=O)c1cc(N)c(C(=O)O)s1. The van der Waals surface area contributed by atoms with E-state index in [0.29, 0.717) is 11.3 Å². The quantitative estimate of drug-likeness (QED) is 0.754. The molecule has 0 bridgehead atoms. The van der Waals surface area contributed by atoms with Crippen LogP contribution >= 0.6 is 11.3 Å². The maximum Gasteiger partial charge on any atom is 0.348 e. The summed E-state index contributed by atoms with van der Waals surface area (Å²) in [5.41, 5.74) is 5.29. The summed E-state index contributed by atoms with van der Waals surface area (Å²) in [4.78, 5) is 10.4. The molecule has 0 aromatic carbocycles. The molecule has 1 aromatic heterocycles. The molecule has 5 nitrogen and oxygen atoms in total. The second-order valence-corrected chi connectivity index (χ2v) is 5.72. The van der Waals surface area contributed by atoms with Gasteiger partial charge in [-0.15, -0.1) is 11.3 Å². The Morgan fingerprint density at radius 1 is 1.62 bits per heavy atom. The molecule has 1 rings (SSSR count). The average Bonchev–Trinajstić information content (AvgIpc) is 2.29. The molecule has 0 aliphatic carbocycles. The number of carboxylic acid groups (broad SMARTS) is 1. The van der Waals surface area contributed by atoms with Crippen molar-refractivity contribution in [1.29, 1.82) is 0 Å². The maximum atomic E-state index is 11.0. The van der Waals surface area contributed by atoms with Gasteiger partial charge in [-0.2, -0.15) is 0 Å². The summed E-state index contributed by atoms with van der Waals surface area (Å²) in [6.45, 7) is 0. The van der Waals surface area contributed by atoms with Crippen LogP contribution in [0.2, 0.25) is 0 Å². The lowest BCUT2D eigenvalue weighted by Crippen LogP contribution is -1.96. The molecule has 0 aliphatic heterocycles. The summed E-state index contributed by atoms with van der Waals surface area (Å²) in [7, 11) is -3.36. The summed E-state index contributed by atoms with van der Waals surface area (Å²) in [6.07, 6.45) is 1.00. The van der Waals surface area contributed by atoms with E-state index in [1.54, 1.807) is 0 Å². The average molecular weight is 221 g/mol. The van der Waals surface area contributed by atoms with E-state index in [0.717, 1.165) is 12.3 Å². The van der Waals surface area contributed by atoms with Crippen LogP contribution in [0, 0.1) is 0 Å². The lowest BCUT2D eigenvalue weighted by molar-refractivity contribution is 0.0703. The van der Waals surface area contributed by atoms with Gasteiger partial charge in [-0.25, -0.2) is 13.2 Å². The minimum Gasteiger partial charge on any atom is -0.477 e. The van der Waals surface area contributed by atoms with E-state index in [-0.39, 0.29) is 14.8 Å². The van der Waals surface area contributed by atoms with Gasteiger partial charge in [0, 0.05) is 6.26 Å². The number of rotatable bonds is 2. The number of hydrogen-bond acceptors (Lipinski definition) is 5. The Bertz CT molecular complexity index is 445. The molecule has 0 spiro atoms. The predicted octanol–water partition coefficient (Wildman–Crippen LogP) is 0.432.